The molecule has 3 nitrogen and oxygen atoms in total. The van der Waals surface area contributed by atoms with E-state index in [1.165, 1.54) is 20.0 Å². The van der Waals surface area contributed by atoms with E-state index in [0.29, 0.717) is 30.1 Å². The van der Waals surface area contributed by atoms with Crippen LogP contribution in [0.1, 0.15) is 92.4 Å². The van der Waals surface area contributed by atoms with Crippen molar-refractivity contribution in [3.05, 3.63) is 11.4 Å². The Morgan fingerprint density at radius 1 is 1.19 bits per heavy atom. The predicted octanol–water partition coefficient (Wildman–Crippen LogP) is 6.69. The molecule has 10 atom stereocenters. The fourth-order valence-corrected chi connectivity index (χ4v) is 9.40. The monoisotopic (exact) mass is 448 g/mol. The molecule has 5 unspecified atom stereocenters. The Hall–Kier alpha value is -0.900. The molecule has 0 spiro atoms. The standard InChI is InChI=1S/C28H45FO3/c1-7-18-24-25(29)17(3)12-14-28(24,5)21-13-15-27(4)19(16(2)8-11-22(30)32-6)9-10-20(27)23(21)26(18)31/h16,18-21,23-24,26,31H,7-15H2,1-6H3/t16-,18-,19?,20?,21?,23?,24-,26?,27-,28-/m1/s1. The van der Waals surface area contributed by atoms with Crippen molar-refractivity contribution in [2.45, 2.75) is 98.5 Å². The topological polar surface area (TPSA) is 46.5 Å². The third-order valence-corrected chi connectivity index (χ3v) is 11.1. The number of methoxy groups -OCH3 is 1. The number of carbonyl (C=O) groups is 1. The first-order chi connectivity index (χ1) is 15.1. The highest BCUT2D eigenvalue weighted by atomic mass is 19.1. The number of rotatable bonds is 5. The van der Waals surface area contributed by atoms with E-state index >= 15 is 4.39 Å². The van der Waals surface area contributed by atoms with Crippen molar-refractivity contribution in [2.24, 2.45) is 52.3 Å². The van der Waals surface area contributed by atoms with Gasteiger partial charge >= 0.3 is 5.97 Å². The summed E-state index contributed by atoms with van der Waals surface area (Å²) in [6, 6.07) is 0. The lowest BCUT2D eigenvalue weighted by atomic mass is 9.42. The van der Waals surface area contributed by atoms with Gasteiger partial charge in [0.05, 0.1) is 13.2 Å². The van der Waals surface area contributed by atoms with Gasteiger partial charge in [0.1, 0.15) is 5.83 Å². The number of hydrogen-bond acceptors (Lipinski definition) is 3. The average molecular weight is 449 g/mol. The lowest BCUT2D eigenvalue weighted by molar-refractivity contribution is -0.184. The summed E-state index contributed by atoms with van der Waals surface area (Å²) in [7, 11) is 1.47. The fourth-order valence-electron chi connectivity index (χ4n) is 9.40. The summed E-state index contributed by atoms with van der Waals surface area (Å²) in [6.07, 6.45) is 8.34. The Balaban J connectivity index is 1.63. The maximum Gasteiger partial charge on any atom is 0.305 e. The van der Waals surface area contributed by atoms with Crippen LogP contribution in [0.5, 0.6) is 0 Å². The van der Waals surface area contributed by atoms with Gasteiger partial charge in [-0.15, -0.1) is 0 Å². The second-order valence-corrected chi connectivity index (χ2v) is 12.3. The molecule has 3 fully saturated rings. The van der Waals surface area contributed by atoms with Crippen molar-refractivity contribution in [3.8, 4) is 0 Å². The Kier molecular flexibility index (Phi) is 6.59. The maximum absolute atomic E-state index is 15.5. The van der Waals surface area contributed by atoms with Crippen molar-refractivity contribution in [2.75, 3.05) is 7.11 Å². The summed E-state index contributed by atoms with van der Waals surface area (Å²) in [6.45, 7) is 11.2. The number of ether oxygens (including phenoxy) is 1. The summed E-state index contributed by atoms with van der Waals surface area (Å²) in [5.74, 6) is 2.14. The van der Waals surface area contributed by atoms with Gasteiger partial charge in [-0.1, -0.05) is 34.1 Å². The quantitative estimate of drug-likeness (QED) is 0.476. The smallest absolute Gasteiger partial charge is 0.305 e. The number of aliphatic hydroxyl groups is 1. The van der Waals surface area contributed by atoms with Crippen LogP contribution in [0.2, 0.25) is 0 Å². The Labute approximate surface area is 194 Å². The van der Waals surface area contributed by atoms with Crippen molar-refractivity contribution < 1.29 is 19.0 Å². The van der Waals surface area contributed by atoms with Gasteiger partial charge in [0.15, 0.2) is 0 Å². The van der Waals surface area contributed by atoms with Gasteiger partial charge in [0.2, 0.25) is 0 Å². The highest BCUT2D eigenvalue weighted by Gasteiger charge is 2.65. The molecule has 0 saturated heterocycles. The molecule has 0 amide bonds. The Bertz CT molecular complexity index is 762. The highest BCUT2D eigenvalue weighted by molar-refractivity contribution is 5.69. The molecular formula is C28H45FO3. The summed E-state index contributed by atoms with van der Waals surface area (Å²) in [4.78, 5) is 11.7. The number of allylic oxidation sites excluding steroid dienone is 2. The van der Waals surface area contributed by atoms with Gasteiger partial charge in [-0.3, -0.25) is 4.79 Å². The van der Waals surface area contributed by atoms with Crippen LogP contribution in [0.4, 0.5) is 4.39 Å². The van der Waals surface area contributed by atoms with Crippen LogP contribution in [0.25, 0.3) is 0 Å². The normalized spacial score (nSPS) is 46.8. The molecule has 3 saturated carbocycles. The summed E-state index contributed by atoms with van der Waals surface area (Å²) < 4.78 is 20.4. The number of hydrogen-bond donors (Lipinski definition) is 1. The Morgan fingerprint density at radius 3 is 2.53 bits per heavy atom. The molecule has 1 N–H and O–H groups in total. The molecule has 182 valence electrons. The van der Waals surface area contributed by atoms with E-state index in [1.807, 2.05) is 6.92 Å². The number of aliphatic hydroxyl groups excluding tert-OH is 1. The van der Waals surface area contributed by atoms with Crippen molar-refractivity contribution in [3.63, 3.8) is 0 Å². The summed E-state index contributed by atoms with van der Waals surface area (Å²) >= 11 is 0. The highest BCUT2D eigenvalue weighted by Crippen LogP contribution is 2.70. The molecule has 0 aromatic carbocycles. The van der Waals surface area contributed by atoms with E-state index in [9.17, 15) is 9.90 Å². The van der Waals surface area contributed by atoms with Crippen LogP contribution >= 0.6 is 0 Å². The van der Waals surface area contributed by atoms with Gasteiger partial charge in [0, 0.05) is 12.3 Å². The largest absolute Gasteiger partial charge is 0.469 e. The molecule has 4 aliphatic carbocycles. The molecule has 0 heterocycles. The third kappa shape index (κ3) is 3.49. The number of halogens is 1. The van der Waals surface area contributed by atoms with E-state index in [-0.39, 0.29) is 40.4 Å². The first kappa shape index (κ1) is 24.2. The SMILES string of the molecule is CC[C@H]1C(O)C2C3CCC([C@H](C)CCC(=O)OC)[C@@]3(C)CCC2[C@@]2(C)CCC(C)=C(F)[C@@H]12. The average Bonchev–Trinajstić information content (AvgIpc) is 3.13. The van der Waals surface area contributed by atoms with Crippen LogP contribution in [0.3, 0.4) is 0 Å². The molecular weight excluding hydrogens is 403 g/mol. The van der Waals surface area contributed by atoms with Gasteiger partial charge in [-0.25, -0.2) is 4.39 Å². The van der Waals surface area contributed by atoms with Crippen LogP contribution in [0, 0.1) is 52.3 Å². The first-order valence-corrected chi connectivity index (χ1v) is 13.2. The molecule has 0 aromatic heterocycles. The lowest BCUT2D eigenvalue weighted by Gasteiger charge is -2.64. The first-order valence-electron chi connectivity index (χ1n) is 13.2. The zero-order chi connectivity index (χ0) is 23.4. The van der Waals surface area contributed by atoms with Crippen molar-refractivity contribution in [1.29, 1.82) is 0 Å². The van der Waals surface area contributed by atoms with Gasteiger partial charge in [-0.2, -0.15) is 0 Å². The van der Waals surface area contributed by atoms with E-state index < -0.39 is 6.10 Å². The second-order valence-electron chi connectivity index (χ2n) is 12.3. The number of carbonyl (C=O) groups excluding carboxylic acids is 1. The second kappa shape index (κ2) is 8.71. The predicted molar refractivity (Wildman–Crippen MR) is 125 cm³/mol. The minimum absolute atomic E-state index is 0.0228. The zero-order valence-electron chi connectivity index (χ0n) is 21.1. The molecule has 4 rings (SSSR count). The van der Waals surface area contributed by atoms with Gasteiger partial charge in [-0.05, 0) is 104 Å². The van der Waals surface area contributed by atoms with E-state index in [4.69, 9.17) is 4.74 Å². The summed E-state index contributed by atoms with van der Waals surface area (Å²) in [5.41, 5.74) is 1.08. The Morgan fingerprint density at radius 2 is 1.88 bits per heavy atom. The third-order valence-electron chi connectivity index (χ3n) is 11.1. The van der Waals surface area contributed by atoms with Crippen LogP contribution in [-0.2, 0) is 9.53 Å². The minimum atomic E-state index is -0.409. The molecule has 0 aromatic rings. The molecule has 4 aliphatic rings. The van der Waals surface area contributed by atoms with E-state index in [1.54, 1.807) is 0 Å². The van der Waals surface area contributed by atoms with E-state index in [0.717, 1.165) is 44.1 Å². The van der Waals surface area contributed by atoms with Crippen LogP contribution in [-0.4, -0.2) is 24.3 Å². The fraction of sp³-hybridized carbons (Fsp3) is 0.893. The van der Waals surface area contributed by atoms with Crippen LogP contribution < -0.4 is 0 Å². The molecule has 0 radical (unpaired) electrons. The van der Waals surface area contributed by atoms with Gasteiger partial charge in [0.25, 0.3) is 0 Å². The lowest BCUT2D eigenvalue weighted by Crippen LogP contribution is -2.61. The summed E-state index contributed by atoms with van der Waals surface area (Å²) in [5, 5.41) is 11.8. The van der Waals surface area contributed by atoms with E-state index in [2.05, 4.69) is 27.7 Å². The number of esters is 1. The van der Waals surface area contributed by atoms with Crippen LogP contribution in [0.15, 0.2) is 11.4 Å². The molecule has 0 aliphatic heterocycles. The van der Waals surface area contributed by atoms with Crippen molar-refractivity contribution in [1.82, 2.24) is 0 Å². The van der Waals surface area contributed by atoms with Crippen molar-refractivity contribution >= 4 is 5.97 Å². The van der Waals surface area contributed by atoms with Gasteiger partial charge < -0.3 is 9.84 Å². The zero-order valence-corrected chi connectivity index (χ0v) is 21.1. The number of fused-ring (bicyclic) bond motifs is 5. The molecule has 0 bridgehead atoms. The molecule has 4 heteroatoms. The minimum Gasteiger partial charge on any atom is -0.469 e. The maximum atomic E-state index is 15.5. The molecule has 32 heavy (non-hydrogen) atoms.